The maximum atomic E-state index is 11.8. The normalized spacial score (nSPS) is 22.5. The number of ether oxygens (including phenoxy) is 2. The molecular weight excluding hydrogens is 829 g/mol. The first kappa shape index (κ1) is 43.7. The zero-order chi connectivity index (χ0) is 43.5. The number of aromatic amines is 2. The third-order valence-electron chi connectivity index (χ3n) is 10.8. The zero-order valence-electron chi connectivity index (χ0n) is 34.8. The van der Waals surface area contributed by atoms with Gasteiger partial charge in [0.2, 0.25) is 10.0 Å². The summed E-state index contributed by atoms with van der Waals surface area (Å²) < 4.78 is 66.8. The van der Waals surface area contributed by atoms with Crippen LogP contribution in [0.5, 0.6) is 5.75 Å². The average molecular weight is 883 g/mol. The van der Waals surface area contributed by atoms with E-state index in [1.807, 2.05) is 64.1 Å². The van der Waals surface area contributed by atoms with Gasteiger partial charge in [0.1, 0.15) is 18.0 Å². The zero-order valence-corrected chi connectivity index (χ0v) is 36.4. The van der Waals surface area contributed by atoms with Gasteiger partial charge in [0.15, 0.2) is 11.6 Å². The molecule has 2 aromatic carbocycles. The van der Waals surface area contributed by atoms with E-state index in [1.165, 1.54) is 7.05 Å². The number of alkyl carbamates (subject to hydrolysis) is 2. The fourth-order valence-corrected chi connectivity index (χ4v) is 9.81. The Bertz CT molecular complexity index is 2440. The number of hydrogen-bond acceptors (Lipinski definition) is 13. The summed E-state index contributed by atoms with van der Waals surface area (Å²) in [6.07, 6.45) is 4.10. The van der Waals surface area contributed by atoms with Gasteiger partial charge < -0.3 is 34.9 Å². The molecule has 4 aliphatic rings. The van der Waals surface area contributed by atoms with Crippen molar-refractivity contribution in [1.29, 1.82) is 0 Å². The van der Waals surface area contributed by atoms with Crippen molar-refractivity contribution in [3.63, 3.8) is 0 Å². The number of benzene rings is 2. The highest BCUT2D eigenvalue weighted by Crippen LogP contribution is 2.38. The summed E-state index contributed by atoms with van der Waals surface area (Å²) in [5, 5.41) is 26.9. The number of nitrogens with one attached hydrogen (secondary N) is 7. The van der Waals surface area contributed by atoms with E-state index in [9.17, 15) is 26.4 Å². The number of sulfonamides is 1. The molecule has 21 heteroatoms. The lowest BCUT2D eigenvalue weighted by Gasteiger charge is -2.24. The van der Waals surface area contributed by atoms with E-state index in [2.05, 4.69) is 46.4 Å². The summed E-state index contributed by atoms with van der Waals surface area (Å²) in [5.41, 5.74) is 6.19. The molecule has 2 unspecified atom stereocenters. The maximum absolute atomic E-state index is 11.8. The van der Waals surface area contributed by atoms with E-state index in [0.717, 1.165) is 82.3 Å². The van der Waals surface area contributed by atoms with Crippen molar-refractivity contribution >= 4 is 55.5 Å². The number of nitrogens with zero attached hydrogens (tertiary/aromatic N) is 3. The fourth-order valence-electron chi connectivity index (χ4n) is 7.83. The van der Waals surface area contributed by atoms with E-state index in [1.54, 1.807) is 12.1 Å². The van der Waals surface area contributed by atoms with Crippen LogP contribution in [0.2, 0.25) is 0 Å². The van der Waals surface area contributed by atoms with Crippen LogP contribution in [0.3, 0.4) is 0 Å². The van der Waals surface area contributed by atoms with Crippen LogP contribution < -0.4 is 30.2 Å². The molecule has 2 aliphatic heterocycles. The summed E-state index contributed by atoms with van der Waals surface area (Å²) in [5.74, 6) is 2.22. The molecule has 4 aromatic rings. The van der Waals surface area contributed by atoms with Crippen molar-refractivity contribution in [2.24, 2.45) is 0 Å². The standard InChI is InChI=1S/C20H27N5O5S.C20H27N5O4S/c1-12(2)21-20(26)29-16-6-4-13(9-16)17-10-19(24-23-17)22-15-5-7-18-14(8-15)11-25(3)31(27,28)30-18;1-12(2)22-20(26)29-17-6-4-13(8-17)18-9-19(25-24-18)23-16-5-3-14-11-30(27,28)21-10-15(14)7-16/h5,7-8,10,12-13,16H,4,6,9,11H2,1-3H3,(H,21,26)(H2,22,23,24);3,5,7,9,12-13,17,21H,4,6,8,10-11H2,1-2H3,(H,22,26)(H2,23,24,25)/t13-,16?;13-,17?/m00/s1. The Balaban J connectivity index is 0.000000184. The molecule has 0 bridgehead atoms. The van der Waals surface area contributed by atoms with Crippen LogP contribution in [0.25, 0.3) is 0 Å². The Labute approximate surface area is 355 Å². The van der Waals surface area contributed by atoms with Crippen LogP contribution in [0.1, 0.15) is 106 Å². The largest absolute Gasteiger partial charge is 0.446 e. The molecule has 4 heterocycles. The third-order valence-corrected chi connectivity index (χ3v) is 13.4. The minimum Gasteiger partial charge on any atom is -0.446 e. The predicted octanol–water partition coefficient (Wildman–Crippen LogP) is 5.85. The lowest BCUT2D eigenvalue weighted by molar-refractivity contribution is 0.0972. The minimum atomic E-state index is -3.71. The first-order chi connectivity index (χ1) is 29.0. The molecular formula is C40H54N10O9S2. The topological polar surface area (TPSA) is 251 Å². The van der Waals surface area contributed by atoms with Crippen molar-refractivity contribution in [3.8, 4) is 5.75 Å². The molecule has 2 aromatic heterocycles. The van der Waals surface area contributed by atoms with Crippen molar-refractivity contribution in [2.75, 3.05) is 17.7 Å². The van der Waals surface area contributed by atoms with Gasteiger partial charge in [0.25, 0.3) is 0 Å². The number of rotatable bonds is 10. The summed E-state index contributed by atoms with van der Waals surface area (Å²) in [7, 11) is -5.45. The van der Waals surface area contributed by atoms with Gasteiger partial charge in [0, 0.05) is 84.5 Å². The number of anilines is 4. The molecule has 0 radical (unpaired) electrons. The van der Waals surface area contributed by atoms with Gasteiger partial charge in [0.05, 0.1) is 5.75 Å². The Hall–Kier alpha value is -5.38. The Kier molecular flexibility index (Phi) is 13.1. The molecule has 2 saturated carbocycles. The number of carbonyl (C=O) groups excluding carboxylic acids is 2. The van der Waals surface area contributed by atoms with Gasteiger partial charge in [-0.15, -0.1) is 0 Å². The molecule has 330 valence electrons. The van der Waals surface area contributed by atoms with Crippen molar-refractivity contribution < 1.29 is 40.1 Å². The molecule has 0 saturated heterocycles. The van der Waals surface area contributed by atoms with Gasteiger partial charge in [-0.1, -0.05) is 6.07 Å². The molecule has 19 nitrogen and oxygen atoms in total. The number of amides is 2. The quantitative estimate of drug-likeness (QED) is 0.0989. The highest BCUT2D eigenvalue weighted by molar-refractivity contribution is 7.88. The fraction of sp³-hybridized carbons (Fsp3) is 0.500. The van der Waals surface area contributed by atoms with Gasteiger partial charge in [-0.2, -0.15) is 22.9 Å². The lowest BCUT2D eigenvalue weighted by Crippen LogP contribution is -2.34. The number of fused-ring (bicyclic) bond motifs is 2. The van der Waals surface area contributed by atoms with Crippen LogP contribution in [-0.2, 0) is 48.6 Å². The van der Waals surface area contributed by atoms with Crippen molar-refractivity contribution in [2.45, 2.75) is 121 Å². The van der Waals surface area contributed by atoms with Crippen molar-refractivity contribution in [1.82, 2.24) is 40.1 Å². The van der Waals surface area contributed by atoms with Gasteiger partial charge in [-0.25, -0.2) is 22.7 Å². The van der Waals surface area contributed by atoms with Crippen LogP contribution in [0.15, 0.2) is 48.5 Å². The van der Waals surface area contributed by atoms with E-state index in [4.69, 9.17) is 13.7 Å². The summed E-state index contributed by atoms with van der Waals surface area (Å²) in [6.45, 7) is 8.14. The van der Waals surface area contributed by atoms with Gasteiger partial charge in [-0.3, -0.25) is 10.2 Å². The number of hydrogen-bond donors (Lipinski definition) is 7. The van der Waals surface area contributed by atoms with Crippen LogP contribution >= 0.6 is 0 Å². The molecule has 0 spiro atoms. The molecule has 61 heavy (non-hydrogen) atoms. The van der Waals surface area contributed by atoms with Crippen LogP contribution in [0, 0.1) is 0 Å². The average Bonchev–Trinajstić information content (AvgIpc) is 4.01. The highest BCUT2D eigenvalue weighted by Gasteiger charge is 2.32. The number of aromatic nitrogens is 4. The third kappa shape index (κ3) is 11.5. The monoisotopic (exact) mass is 882 g/mol. The van der Waals surface area contributed by atoms with Gasteiger partial charge in [-0.05, 0) is 108 Å². The number of H-pyrrole nitrogens is 2. The van der Waals surface area contributed by atoms with Crippen LogP contribution in [-0.4, -0.2) is 85.1 Å². The minimum absolute atomic E-state index is 0.00920. The number of carbonyl (C=O) groups is 2. The molecule has 8 rings (SSSR count). The molecule has 2 amide bonds. The smallest absolute Gasteiger partial charge is 0.407 e. The summed E-state index contributed by atoms with van der Waals surface area (Å²) in [4.78, 5) is 23.6. The van der Waals surface area contributed by atoms with Crippen molar-refractivity contribution in [3.05, 3.63) is 76.6 Å². The summed E-state index contributed by atoms with van der Waals surface area (Å²) in [6, 6.07) is 14.9. The Morgan fingerprint density at radius 1 is 0.738 bits per heavy atom. The SMILES string of the molecule is CC(C)NC(=O)OC1CC[C@H](c2cc(Nc3ccc4c(c3)CN(C)S(=O)(=O)O4)n[nH]2)C1.CC(C)NC(=O)OC1CC[C@H](c2cc(Nc3ccc4c(c3)CNS(=O)(=O)C4)n[nH]2)C1. The van der Waals surface area contributed by atoms with Gasteiger partial charge >= 0.3 is 22.5 Å². The maximum Gasteiger partial charge on any atom is 0.407 e. The lowest BCUT2D eigenvalue weighted by atomic mass is 10.0. The molecule has 7 N–H and O–H groups in total. The second-order valence-electron chi connectivity index (χ2n) is 16.5. The van der Waals surface area contributed by atoms with Crippen LogP contribution in [0.4, 0.5) is 32.6 Å². The van der Waals surface area contributed by atoms with E-state index < -0.39 is 20.3 Å². The Morgan fingerprint density at radius 2 is 1.26 bits per heavy atom. The highest BCUT2D eigenvalue weighted by atomic mass is 32.2. The first-order valence-corrected chi connectivity index (χ1v) is 23.5. The predicted molar refractivity (Wildman–Crippen MR) is 227 cm³/mol. The second-order valence-corrected chi connectivity index (χ2v) is 20.0. The van der Waals surface area contributed by atoms with E-state index in [0.29, 0.717) is 23.9 Å². The second kappa shape index (κ2) is 18.3. The Morgan fingerprint density at radius 3 is 1.80 bits per heavy atom. The van der Waals surface area contributed by atoms with E-state index >= 15 is 0 Å². The molecule has 2 aliphatic carbocycles. The van der Waals surface area contributed by atoms with E-state index in [-0.39, 0.29) is 60.6 Å². The molecule has 2 fully saturated rings. The summed E-state index contributed by atoms with van der Waals surface area (Å²) >= 11 is 0. The molecule has 4 atom stereocenters. The first-order valence-electron chi connectivity index (χ1n) is 20.4.